The SMILES string of the molecule is CC(=O)Oc1ccc(Br)cc1C=Nc1sc2c(c1C(=O)NCc1ccco1)CCCC2. The van der Waals surface area contributed by atoms with Crippen LogP contribution < -0.4 is 10.1 Å². The first-order valence-corrected chi connectivity index (χ1v) is 11.6. The van der Waals surface area contributed by atoms with Crippen LogP contribution in [0.2, 0.25) is 0 Å². The first-order chi connectivity index (χ1) is 15.0. The van der Waals surface area contributed by atoms with Crippen molar-refractivity contribution in [1.29, 1.82) is 0 Å². The van der Waals surface area contributed by atoms with Gasteiger partial charge in [0.05, 0.1) is 18.4 Å². The second-order valence-corrected chi connectivity index (χ2v) is 9.19. The molecule has 8 heteroatoms. The highest BCUT2D eigenvalue weighted by Gasteiger charge is 2.25. The number of esters is 1. The summed E-state index contributed by atoms with van der Waals surface area (Å²) in [5.41, 5.74) is 2.37. The number of furan rings is 1. The Balaban J connectivity index is 1.65. The highest BCUT2D eigenvalue weighted by atomic mass is 79.9. The van der Waals surface area contributed by atoms with Crippen LogP contribution in [0.3, 0.4) is 0 Å². The minimum atomic E-state index is -0.401. The van der Waals surface area contributed by atoms with E-state index in [2.05, 4.69) is 26.2 Å². The first-order valence-electron chi connectivity index (χ1n) is 9.98. The smallest absolute Gasteiger partial charge is 0.308 e. The summed E-state index contributed by atoms with van der Waals surface area (Å²) < 4.78 is 11.4. The Kier molecular flexibility index (Phi) is 6.67. The lowest BCUT2D eigenvalue weighted by atomic mass is 9.95. The number of hydrogen-bond donors (Lipinski definition) is 1. The molecule has 1 aliphatic carbocycles. The molecule has 0 spiro atoms. The Morgan fingerprint density at radius 2 is 2.13 bits per heavy atom. The number of amides is 1. The monoisotopic (exact) mass is 500 g/mol. The largest absolute Gasteiger partial charge is 0.467 e. The Bertz CT molecular complexity index is 1130. The van der Waals surface area contributed by atoms with Crippen molar-refractivity contribution in [3.8, 4) is 5.75 Å². The van der Waals surface area contributed by atoms with Crippen LogP contribution in [0, 0.1) is 0 Å². The fourth-order valence-corrected chi connectivity index (χ4v) is 5.15. The first kappa shape index (κ1) is 21.5. The topological polar surface area (TPSA) is 80.9 Å². The molecular formula is C23H21BrN2O4S. The number of rotatable bonds is 6. The summed E-state index contributed by atoms with van der Waals surface area (Å²) in [7, 11) is 0. The van der Waals surface area contributed by atoms with Crippen LogP contribution in [-0.4, -0.2) is 18.1 Å². The van der Waals surface area contributed by atoms with E-state index in [4.69, 9.17) is 9.15 Å². The molecule has 1 aromatic carbocycles. The van der Waals surface area contributed by atoms with Gasteiger partial charge in [-0.1, -0.05) is 15.9 Å². The van der Waals surface area contributed by atoms with Gasteiger partial charge < -0.3 is 14.5 Å². The molecule has 160 valence electrons. The summed E-state index contributed by atoms with van der Waals surface area (Å²) in [5.74, 6) is 0.561. The van der Waals surface area contributed by atoms with Crippen molar-refractivity contribution in [1.82, 2.24) is 5.32 Å². The standard InChI is InChI=1S/C23H21BrN2O4S/c1-14(27)30-19-9-8-16(24)11-15(19)12-26-23-21(18-6-2-3-7-20(18)31-23)22(28)25-13-17-5-4-10-29-17/h4-5,8-12H,2-3,6-7,13H2,1H3,(H,25,28). The third-order valence-electron chi connectivity index (χ3n) is 4.93. The van der Waals surface area contributed by atoms with Gasteiger partial charge in [-0.05, 0) is 61.6 Å². The number of aliphatic imine (C=N–C) groups is 1. The minimum Gasteiger partial charge on any atom is -0.467 e. The molecule has 0 bridgehead atoms. The normalized spacial score (nSPS) is 13.2. The van der Waals surface area contributed by atoms with Crippen molar-refractivity contribution in [3.05, 3.63) is 68.4 Å². The van der Waals surface area contributed by atoms with Crippen LogP contribution in [0.25, 0.3) is 0 Å². The molecule has 0 atom stereocenters. The number of aryl methyl sites for hydroxylation is 1. The minimum absolute atomic E-state index is 0.155. The summed E-state index contributed by atoms with van der Waals surface area (Å²) in [6, 6.07) is 8.96. The quantitative estimate of drug-likeness (QED) is 0.271. The zero-order valence-electron chi connectivity index (χ0n) is 16.9. The third kappa shape index (κ3) is 5.14. The average Bonchev–Trinajstić information content (AvgIpc) is 3.39. The Morgan fingerprint density at radius 3 is 2.90 bits per heavy atom. The highest BCUT2D eigenvalue weighted by molar-refractivity contribution is 9.10. The number of carbonyl (C=O) groups is 2. The maximum Gasteiger partial charge on any atom is 0.308 e. The fraction of sp³-hybridized carbons (Fsp3) is 0.261. The number of fused-ring (bicyclic) bond motifs is 1. The number of nitrogens with one attached hydrogen (secondary N) is 1. The molecule has 1 amide bonds. The Labute approximate surface area is 192 Å². The van der Waals surface area contributed by atoms with E-state index in [1.807, 2.05) is 12.1 Å². The molecule has 0 saturated heterocycles. The second kappa shape index (κ2) is 9.62. The number of hydrogen-bond acceptors (Lipinski definition) is 6. The van der Waals surface area contributed by atoms with E-state index in [9.17, 15) is 9.59 Å². The van der Waals surface area contributed by atoms with E-state index in [0.29, 0.717) is 34.2 Å². The number of ether oxygens (including phenoxy) is 1. The van der Waals surface area contributed by atoms with Gasteiger partial charge in [-0.2, -0.15) is 0 Å². The fourth-order valence-electron chi connectivity index (χ4n) is 3.54. The van der Waals surface area contributed by atoms with E-state index in [0.717, 1.165) is 35.7 Å². The molecule has 1 N–H and O–H groups in total. The summed E-state index contributed by atoms with van der Waals surface area (Å²) >= 11 is 4.99. The molecule has 0 unspecified atom stereocenters. The molecule has 3 aromatic rings. The number of nitrogens with zero attached hydrogens (tertiary/aromatic N) is 1. The molecule has 31 heavy (non-hydrogen) atoms. The predicted octanol–water partition coefficient (Wildman–Crippen LogP) is 5.59. The van der Waals surface area contributed by atoms with Crippen molar-refractivity contribution in [2.75, 3.05) is 0 Å². The van der Waals surface area contributed by atoms with Crippen molar-refractivity contribution in [2.24, 2.45) is 4.99 Å². The Morgan fingerprint density at radius 1 is 1.29 bits per heavy atom. The van der Waals surface area contributed by atoms with E-state index >= 15 is 0 Å². The molecule has 0 fully saturated rings. The highest BCUT2D eigenvalue weighted by Crippen LogP contribution is 2.40. The lowest BCUT2D eigenvalue weighted by molar-refractivity contribution is -0.131. The molecule has 2 aromatic heterocycles. The van der Waals surface area contributed by atoms with Gasteiger partial charge in [0.1, 0.15) is 16.5 Å². The van der Waals surface area contributed by atoms with Crippen molar-refractivity contribution < 1.29 is 18.7 Å². The van der Waals surface area contributed by atoms with E-state index < -0.39 is 5.97 Å². The van der Waals surface area contributed by atoms with Gasteiger partial charge in [-0.3, -0.25) is 9.59 Å². The maximum absolute atomic E-state index is 13.1. The van der Waals surface area contributed by atoms with Gasteiger partial charge in [0.25, 0.3) is 5.91 Å². The third-order valence-corrected chi connectivity index (χ3v) is 6.62. The summed E-state index contributed by atoms with van der Waals surface area (Å²) in [4.78, 5) is 30.4. The van der Waals surface area contributed by atoms with Gasteiger partial charge in [0.2, 0.25) is 0 Å². The van der Waals surface area contributed by atoms with Gasteiger partial charge in [-0.15, -0.1) is 11.3 Å². The van der Waals surface area contributed by atoms with Gasteiger partial charge in [-0.25, -0.2) is 4.99 Å². The average molecular weight is 501 g/mol. The van der Waals surface area contributed by atoms with Gasteiger partial charge in [0, 0.05) is 28.1 Å². The van der Waals surface area contributed by atoms with Crippen LogP contribution in [-0.2, 0) is 24.2 Å². The zero-order chi connectivity index (χ0) is 21.8. The summed E-state index contributed by atoms with van der Waals surface area (Å²) in [6.45, 7) is 1.68. The molecule has 0 saturated carbocycles. The van der Waals surface area contributed by atoms with Crippen LogP contribution in [0.15, 0.2) is 50.5 Å². The molecule has 1 aliphatic rings. The van der Waals surface area contributed by atoms with Crippen LogP contribution in [0.5, 0.6) is 5.75 Å². The van der Waals surface area contributed by atoms with Crippen molar-refractivity contribution in [2.45, 2.75) is 39.2 Å². The zero-order valence-corrected chi connectivity index (χ0v) is 19.3. The van der Waals surface area contributed by atoms with Crippen LogP contribution in [0.4, 0.5) is 5.00 Å². The van der Waals surface area contributed by atoms with E-state index in [1.165, 1.54) is 11.8 Å². The molecule has 6 nitrogen and oxygen atoms in total. The maximum atomic E-state index is 13.1. The van der Waals surface area contributed by atoms with Crippen LogP contribution >= 0.6 is 27.3 Å². The molecule has 0 radical (unpaired) electrons. The number of thiophene rings is 1. The molecular weight excluding hydrogens is 480 g/mol. The summed E-state index contributed by atoms with van der Waals surface area (Å²) in [6.07, 6.45) is 7.25. The Hall–Kier alpha value is -2.71. The molecule has 4 rings (SSSR count). The number of benzene rings is 1. The van der Waals surface area contributed by atoms with Crippen molar-refractivity contribution in [3.63, 3.8) is 0 Å². The van der Waals surface area contributed by atoms with E-state index in [1.54, 1.807) is 42.0 Å². The van der Waals surface area contributed by atoms with Crippen molar-refractivity contribution >= 4 is 50.4 Å². The van der Waals surface area contributed by atoms with Gasteiger partial charge in [0.15, 0.2) is 0 Å². The van der Waals surface area contributed by atoms with Gasteiger partial charge >= 0.3 is 5.97 Å². The number of carbonyl (C=O) groups excluding carboxylic acids is 2. The molecule has 2 heterocycles. The predicted molar refractivity (Wildman–Crippen MR) is 124 cm³/mol. The van der Waals surface area contributed by atoms with E-state index in [-0.39, 0.29) is 5.91 Å². The molecule has 0 aliphatic heterocycles. The summed E-state index contributed by atoms with van der Waals surface area (Å²) in [5, 5.41) is 3.61. The second-order valence-electron chi connectivity index (χ2n) is 7.19. The lowest BCUT2D eigenvalue weighted by Crippen LogP contribution is -2.23. The lowest BCUT2D eigenvalue weighted by Gasteiger charge is -2.12. The van der Waals surface area contributed by atoms with Crippen LogP contribution in [0.1, 0.15) is 51.9 Å². The number of halogens is 1.